The van der Waals surface area contributed by atoms with Crippen LogP contribution in [0.25, 0.3) is 22.2 Å². The number of nitrogens with zero attached hydrogens (tertiary/aromatic N) is 1. The fourth-order valence-corrected chi connectivity index (χ4v) is 4.78. The molecule has 0 saturated carbocycles. The number of halogens is 2. The molecular weight excluding hydrogens is 353 g/mol. The average molecular weight is 368 g/mol. The molecule has 0 spiro atoms. The summed E-state index contributed by atoms with van der Waals surface area (Å²) >= 11 is 12.3. The number of hydrogen-bond donors (Lipinski definition) is 0. The minimum Gasteiger partial charge on any atom is -0.237 e. The van der Waals surface area contributed by atoms with E-state index in [2.05, 4.69) is 0 Å². The Kier molecular flexibility index (Phi) is 4.41. The standard InChI is InChI=1S/C17H15Cl2NO2S/c1-2-9-23(21,22)20-16-6-4-3-5-12(16)10-17(20)14-8-7-13(18)11-15(14)19/h3-8,10-11H,2,9H2,1H3. The maximum atomic E-state index is 12.8. The summed E-state index contributed by atoms with van der Waals surface area (Å²) in [4.78, 5) is 0. The molecule has 0 bridgehead atoms. The van der Waals surface area contributed by atoms with Gasteiger partial charge in [-0.3, -0.25) is 0 Å². The van der Waals surface area contributed by atoms with E-state index in [4.69, 9.17) is 23.2 Å². The molecule has 0 N–H and O–H groups in total. The summed E-state index contributed by atoms with van der Waals surface area (Å²) in [5, 5.41) is 1.79. The topological polar surface area (TPSA) is 39.1 Å². The van der Waals surface area contributed by atoms with Gasteiger partial charge < -0.3 is 0 Å². The van der Waals surface area contributed by atoms with E-state index in [9.17, 15) is 8.42 Å². The van der Waals surface area contributed by atoms with Crippen LogP contribution in [0.4, 0.5) is 0 Å². The van der Waals surface area contributed by atoms with Crippen molar-refractivity contribution in [1.29, 1.82) is 0 Å². The Labute approximate surface area is 145 Å². The van der Waals surface area contributed by atoms with E-state index >= 15 is 0 Å². The van der Waals surface area contributed by atoms with E-state index < -0.39 is 10.0 Å². The predicted molar refractivity (Wildman–Crippen MR) is 96.9 cm³/mol. The molecule has 120 valence electrons. The first-order chi connectivity index (χ1) is 10.9. The molecular formula is C17H15Cl2NO2S. The lowest BCUT2D eigenvalue weighted by molar-refractivity contribution is 0.588. The number of benzene rings is 2. The zero-order valence-electron chi connectivity index (χ0n) is 12.5. The normalized spacial score (nSPS) is 12.0. The Bertz CT molecular complexity index is 977. The van der Waals surface area contributed by atoms with Gasteiger partial charge in [-0.05, 0) is 36.8 Å². The highest BCUT2D eigenvalue weighted by Gasteiger charge is 2.22. The van der Waals surface area contributed by atoms with Crippen LogP contribution in [-0.4, -0.2) is 18.1 Å². The lowest BCUT2D eigenvalue weighted by Crippen LogP contribution is -2.17. The van der Waals surface area contributed by atoms with Crippen LogP contribution in [0.1, 0.15) is 13.3 Å². The van der Waals surface area contributed by atoms with Gasteiger partial charge in [0.25, 0.3) is 0 Å². The molecule has 0 aliphatic rings. The van der Waals surface area contributed by atoms with Gasteiger partial charge in [0.1, 0.15) is 0 Å². The zero-order valence-corrected chi connectivity index (χ0v) is 14.8. The van der Waals surface area contributed by atoms with Gasteiger partial charge in [-0.15, -0.1) is 0 Å². The molecule has 0 radical (unpaired) electrons. The van der Waals surface area contributed by atoms with Crippen LogP contribution < -0.4 is 0 Å². The van der Waals surface area contributed by atoms with Crippen molar-refractivity contribution in [3.8, 4) is 11.3 Å². The van der Waals surface area contributed by atoms with E-state index in [0.29, 0.717) is 33.2 Å². The van der Waals surface area contributed by atoms with Gasteiger partial charge in [-0.1, -0.05) is 48.3 Å². The fourth-order valence-electron chi connectivity index (χ4n) is 2.66. The molecule has 1 heterocycles. The second kappa shape index (κ2) is 6.19. The van der Waals surface area contributed by atoms with Crippen molar-refractivity contribution in [2.45, 2.75) is 13.3 Å². The van der Waals surface area contributed by atoms with Crippen LogP contribution >= 0.6 is 23.2 Å². The monoisotopic (exact) mass is 367 g/mol. The smallest absolute Gasteiger partial charge is 0.237 e. The second-order valence-corrected chi connectivity index (χ2v) is 8.07. The average Bonchev–Trinajstić information content (AvgIpc) is 2.86. The fraction of sp³-hybridized carbons (Fsp3) is 0.176. The van der Waals surface area contributed by atoms with Gasteiger partial charge in [0.15, 0.2) is 0 Å². The van der Waals surface area contributed by atoms with Crippen LogP contribution in [0, 0.1) is 0 Å². The van der Waals surface area contributed by atoms with Gasteiger partial charge in [0.05, 0.1) is 22.0 Å². The molecule has 0 aliphatic heterocycles. The summed E-state index contributed by atoms with van der Waals surface area (Å²) in [5.41, 5.74) is 1.86. The molecule has 1 aromatic heterocycles. The van der Waals surface area contributed by atoms with E-state index in [1.54, 1.807) is 24.3 Å². The first-order valence-corrected chi connectivity index (χ1v) is 9.59. The van der Waals surface area contributed by atoms with Gasteiger partial charge >= 0.3 is 0 Å². The third-order valence-corrected chi connectivity index (χ3v) is 6.04. The first kappa shape index (κ1) is 16.4. The first-order valence-electron chi connectivity index (χ1n) is 7.23. The Morgan fingerprint density at radius 1 is 1.04 bits per heavy atom. The van der Waals surface area contributed by atoms with E-state index in [1.807, 2.05) is 31.2 Å². The van der Waals surface area contributed by atoms with Crippen LogP contribution in [0.5, 0.6) is 0 Å². The molecule has 23 heavy (non-hydrogen) atoms. The molecule has 0 amide bonds. The van der Waals surface area contributed by atoms with E-state index in [1.165, 1.54) is 3.97 Å². The highest BCUT2D eigenvalue weighted by Crippen LogP contribution is 2.35. The summed E-state index contributed by atoms with van der Waals surface area (Å²) < 4.78 is 26.9. The summed E-state index contributed by atoms with van der Waals surface area (Å²) in [5.74, 6) is 0.0733. The largest absolute Gasteiger partial charge is 0.239 e. The van der Waals surface area contributed by atoms with E-state index in [0.717, 1.165) is 5.39 Å². The third-order valence-electron chi connectivity index (χ3n) is 3.61. The lowest BCUT2D eigenvalue weighted by Gasteiger charge is -2.12. The van der Waals surface area contributed by atoms with Crippen LogP contribution in [0.3, 0.4) is 0 Å². The van der Waals surface area contributed by atoms with Crippen molar-refractivity contribution in [3.63, 3.8) is 0 Å². The Morgan fingerprint density at radius 3 is 2.48 bits per heavy atom. The number of rotatable bonds is 4. The van der Waals surface area contributed by atoms with Crippen molar-refractivity contribution in [3.05, 3.63) is 58.6 Å². The van der Waals surface area contributed by atoms with Gasteiger partial charge in [-0.2, -0.15) is 0 Å². The predicted octanol–water partition coefficient (Wildman–Crippen LogP) is 5.20. The molecule has 3 rings (SSSR count). The molecule has 3 nitrogen and oxygen atoms in total. The molecule has 0 unspecified atom stereocenters. The minimum absolute atomic E-state index is 0.0733. The summed E-state index contributed by atoms with van der Waals surface area (Å²) in [6.45, 7) is 1.85. The third kappa shape index (κ3) is 2.99. The maximum absolute atomic E-state index is 12.8. The molecule has 0 atom stereocenters. The highest BCUT2D eigenvalue weighted by molar-refractivity contribution is 7.90. The summed E-state index contributed by atoms with van der Waals surface area (Å²) in [6, 6.07) is 14.3. The Hall–Kier alpha value is -1.49. The number of aromatic nitrogens is 1. The van der Waals surface area contributed by atoms with Crippen molar-refractivity contribution >= 4 is 44.1 Å². The van der Waals surface area contributed by atoms with Gasteiger partial charge in [0.2, 0.25) is 10.0 Å². The molecule has 2 aromatic carbocycles. The molecule has 6 heteroatoms. The zero-order chi connectivity index (χ0) is 16.6. The summed E-state index contributed by atoms with van der Waals surface area (Å²) in [6.07, 6.45) is 0.544. The van der Waals surface area contributed by atoms with Crippen LogP contribution in [0.15, 0.2) is 48.5 Å². The molecule has 0 saturated heterocycles. The second-order valence-electron chi connectivity index (χ2n) is 5.29. The van der Waals surface area contributed by atoms with Crippen LogP contribution in [0.2, 0.25) is 10.0 Å². The number of hydrogen-bond acceptors (Lipinski definition) is 2. The maximum Gasteiger partial charge on any atom is 0.239 e. The number of fused-ring (bicyclic) bond motifs is 1. The number of para-hydroxylation sites is 1. The van der Waals surface area contributed by atoms with Crippen molar-refractivity contribution in [2.75, 3.05) is 5.75 Å². The molecule has 3 aromatic rings. The highest BCUT2D eigenvalue weighted by atomic mass is 35.5. The van der Waals surface area contributed by atoms with Crippen molar-refractivity contribution < 1.29 is 8.42 Å². The quantitative estimate of drug-likeness (QED) is 0.635. The van der Waals surface area contributed by atoms with Gasteiger partial charge in [0, 0.05) is 16.0 Å². The van der Waals surface area contributed by atoms with Crippen LogP contribution in [-0.2, 0) is 10.0 Å². The lowest BCUT2D eigenvalue weighted by atomic mass is 10.1. The van der Waals surface area contributed by atoms with Crippen molar-refractivity contribution in [1.82, 2.24) is 3.97 Å². The SMILES string of the molecule is CCCS(=O)(=O)n1c(-c2ccc(Cl)cc2Cl)cc2ccccc21. The molecule has 0 aliphatic carbocycles. The summed E-state index contributed by atoms with van der Waals surface area (Å²) in [7, 11) is -3.47. The van der Waals surface area contributed by atoms with E-state index in [-0.39, 0.29) is 5.75 Å². The van der Waals surface area contributed by atoms with Crippen molar-refractivity contribution in [2.24, 2.45) is 0 Å². The van der Waals surface area contributed by atoms with Gasteiger partial charge in [-0.25, -0.2) is 12.4 Å². The Balaban J connectivity index is 2.37. The molecule has 0 fully saturated rings. The minimum atomic E-state index is -3.47. The Morgan fingerprint density at radius 2 is 1.78 bits per heavy atom.